The number of hydrogen-bond acceptors (Lipinski definition) is 4. The van der Waals surface area contributed by atoms with Crippen LogP contribution in [0.25, 0.3) is 0 Å². The molecule has 0 aromatic carbocycles. The summed E-state index contributed by atoms with van der Waals surface area (Å²) >= 11 is 1.73. The first-order chi connectivity index (χ1) is 9.10. The molecule has 0 fully saturated rings. The van der Waals surface area contributed by atoms with Crippen LogP contribution in [0, 0.1) is 0 Å². The second-order valence-corrected chi connectivity index (χ2v) is 5.88. The molecule has 0 unspecified atom stereocenters. The van der Waals surface area contributed by atoms with Crippen LogP contribution in [0.3, 0.4) is 0 Å². The number of rotatable bonds is 5. The van der Waals surface area contributed by atoms with Gasteiger partial charge in [0, 0.05) is 25.8 Å². The van der Waals surface area contributed by atoms with E-state index < -0.39 is 0 Å². The molecule has 0 atom stereocenters. The Morgan fingerprint density at radius 2 is 2.11 bits per heavy atom. The Morgan fingerprint density at radius 3 is 2.68 bits per heavy atom. The van der Waals surface area contributed by atoms with E-state index in [2.05, 4.69) is 54.8 Å². The third-order valence-electron chi connectivity index (χ3n) is 3.11. The summed E-state index contributed by atoms with van der Waals surface area (Å²) in [5.74, 6) is 1.41. The van der Waals surface area contributed by atoms with Gasteiger partial charge in [-0.3, -0.25) is 0 Å². The van der Waals surface area contributed by atoms with E-state index in [4.69, 9.17) is 10.7 Å². The SMILES string of the molecule is CC(C)c1cc(CN)cc(N(C)Cc2ccsc2)n1. The van der Waals surface area contributed by atoms with Crippen molar-refractivity contribution in [1.29, 1.82) is 0 Å². The van der Waals surface area contributed by atoms with Crippen LogP contribution < -0.4 is 10.6 Å². The fourth-order valence-corrected chi connectivity index (χ4v) is 2.60. The number of hydrogen-bond donors (Lipinski definition) is 1. The van der Waals surface area contributed by atoms with Crippen LogP contribution >= 0.6 is 11.3 Å². The largest absolute Gasteiger partial charge is 0.355 e. The molecule has 0 radical (unpaired) electrons. The van der Waals surface area contributed by atoms with Crippen LogP contribution in [0.1, 0.15) is 36.6 Å². The van der Waals surface area contributed by atoms with Crippen molar-refractivity contribution in [2.24, 2.45) is 5.73 Å². The van der Waals surface area contributed by atoms with Gasteiger partial charge in [-0.05, 0) is 46.0 Å². The zero-order valence-electron chi connectivity index (χ0n) is 11.8. The highest BCUT2D eigenvalue weighted by molar-refractivity contribution is 7.07. The van der Waals surface area contributed by atoms with Crippen LogP contribution in [0.5, 0.6) is 0 Å². The first-order valence-corrected chi connectivity index (χ1v) is 7.47. The molecule has 3 nitrogen and oxygen atoms in total. The predicted molar refractivity (Wildman–Crippen MR) is 82.6 cm³/mol. The molecule has 0 bridgehead atoms. The summed E-state index contributed by atoms with van der Waals surface area (Å²) in [5, 5.41) is 4.28. The molecule has 2 aromatic heterocycles. The Kier molecular flexibility index (Phi) is 4.56. The molecule has 0 saturated heterocycles. The van der Waals surface area contributed by atoms with Crippen molar-refractivity contribution in [3.8, 4) is 0 Å². The summed E-state index contributed by atoms with van der Waals surface area (Å²) in [6.45, 7) is 5.75. The third kappa shape index (κ3) is 3.55. The van der Waals surface area contributed by atoms with E-state index in [0.717, 1.165) is 23.6 Å². The monoisotopic (exact) mass is 275 g/mol. The standard InChI is InChI=1S/C15H21N3S/c1-11(2)14-6-13(8-16)7-15(17-14)18(3)9-12-4-5-19-10-12/h4-7,10-11H,8-9,16H2,1-3H3. The number of aromatic nitrogens is 1. The van der Waals surface area contributed by atoms with Crippen LogP contribution in [0.2, 0.25) is 0 Å². The highest BCUT2D eigenvalue weighted by atomic mass is 32.1. The van der Waals surface area contributed by atoms with Gasteiger partial charge in [-0.2, -0.15) is 11.3 Å². The summed E-state index contributed by atoms with van der Waals surface area (Å²) in [5.41, 5.74) is 9.35. The molecular weight excluding hydrogens is 254 g/mol. The van der Waals surface area contributed by atoms with E-state index in [1.54, 1.807) is 11.3 Å². The average molecular weight is 275 g/mol. The summed E-state index contributed by atoms with van der Waals surface area (Å²) in [7, 11) is 2.07. The van der Waals surface area contributed by atoms with Crippen molar-refractivity contribution < 1.29 is 0 Å². The van der Waals surface area contributed by atoms with E-state index in [1.807, 2.05) is 0 Å². The zero-order valence-corrected chi connectivity index (χ0v) is 12.6. The third-order valence-corrected chi connectivity index (χ3v) is 3.84. The second-order valence-electron chi connectivity index (χ2n) is 5.10. The van der Waals surface area contributed by atoms with Crippen molar-refractivity contribution in [3.05, 3.63) is 45.8 Å². The fraction of sp³-hybridized carbons (Fsp3) is 0.400. The summed E-state index contributed by atoms with van der Waals surface area (Å²) in [6, 6.07) is 6.34. The highest BCUT2D eigenvalue weighted by Gasteiger charge is 2.09. The minimum Gasteiger partial charge on any atom is -0.355 e. The minimum atomic E-state index is 0.416. The zero-order chi connectivity index (χ0) is 13.8. The lowest BCUT2D eigenvalue weighted by molar-refractivity contribution is 0.800. The van der Waals surface area contributed by atoms with Crippen molar-refractivity contribution in [2.75, 3.05) is 11.9 Å². The first-order valence-electron chi connectivity index (χ1n) is 6.53. The summed E-state index contributed by atoms with van der Waals surface area (Å²) in [4.78, 5) is 6.91. The van der Waals surface area contributed by atoms with Gasteiger partial charge in [0.2, 0.25) is 0 Å². The quantitative estimate of drug-likeness (QED) is 0.909. The summed E-state index contributed by atoms with van der Waals surface area (Å²) in [6.07, 6.45) is 0. The lowest BCUT2D eigenvalue weighted by Crippen LogP contribution is -2.18. The molecule has 0 saturated carbocycles. The Morgan fingerprint density at radius 1 is 1.32 bits per heavy atom. The lowest BCUT2D eigenvalue weighted by atomic mass is 10.1. The predicted octanol–water partition coefficient (Wildman–Crippen LogP) is 3.36. The molecule has 0 aliphatic rings. The van der Waals surface area contributed by atoms with Gasteiger partial charge in [-0.25, -0.2) is 4.98 Å². The molecule has 102 valence electrons. The highest BCUT2D eigenvalue weighted by Crippen LogP contribution is 2.21. The Balaban J connectivity index is 2.24. The van der Waals surface area contributed by atoms with E-state index in [0.29, 0.717) is 12.5 Å². The number of thiophene rings is 1. The molecule has 4 heteroatoms. The number of pyridine rings is 1. The maximum atomic E-state index is 5.78. The Labute approximate surface area is 119 Å². The molecule has 0 spiro atoms. The van der Waals surface area contributed by atoms with Gasteiger partial charge >= 0.3 is 0 Å². The maximum absolute atomic E-state index is 5.78. The lowest BCUT2D eigenvalue weighted by Gasteiger charge is -2.20. The maximum Gasteiger partial charge on any atom is 0.129 e. The van der Waals surface area contributed by atoms with E-state index >= 15 is 0 Å². The van der Waals surface area contributed by atoms with Crippen molar-refractivity contribution in [1.82, 2.24) is 4.98 Å². The van der Waals surface area contributed by atoms with Crippen molar-refractivity contribution >= 4 is 17.2 Å². The number of anilines is 1. The van der Waals surface area contributed by atoms with Crippen molar-refractivity contribution in [2.45, 2.75) is 32.9 Å². The van der Waals surface area contributed by atoms with Crippen molar-refractivity contribution in [3.63, 3.8) is 0 Å². The smallest absolute Gasteiger partial charge is 0.129 e. The van der Waals surface area contributed by atoms with Gasteiger partial charge in [-0.1, -0.05) is 13.8 Å². The van der Waals surface area contributed by atoms with E-state index in [-0.39, 0.29) is 0 Å². The van der Waals surface area contributed by atoms with Gasteiger partial charge in [0.1, 0.15) is 5.82 Å². The Bertz CT molecular complexity index is 520. The molecule has 0 aliphatic carbocycles. The Hall–Kier alpha value is -1.39. The van der Waals surface area contributed by atoms with Crippen LogP contribution in [-0.4, -0.2) is 12.0 Å². The van der Waals surface area contributed by atoms with Crippen LogP contribution in [-0.2, 0) is 13.1 Å². The van der Waals surface area contributed by atoms with Crippen LogP contribution in [0.15, 0.2) is 29.0 Å². The van der Waals surface area contributed by atoms with Gasteiger partial charge in [-0.15, -0.1) is 0 Å². The average Bonchev–Trinajstić information content (AvgIpc) is 2.90. The fourth-order valence-electron chi connectivity index (χ4n) is 1.94. The molecule has 0 aliphatic heterocycles. The topological polar surface area (TPSA) is 42.1 Å². The van der Waals surface area contributed by atoms with Gasteiger partial charge in [0.15, 0.2) is 0 Å². The number of nitrogens with two attached hydrogens (primary N) is 1. The first kappa shape index (κ1) is 14.0. The normalized spacial score (nSPS) is 11.0. The molecule has 2 heterocycles. The molecule has 19 heavy (non-hydrogen) atoms. The molecule has 2 rings (SSSR count). The van der Waals surface area contributed by atoms with Gasteiger partial charge in [0.25, 0.3) is 0 Å². The van der Waals surface area contributed by atoms with Gasteiger partial charge in [0.05, 0.1) is 0 Å². The van der Waals surface area contributed by atoms with E-state index in [1.165, 1.54) is 5.56 Å². The summed E-state index contributed by atoms with van der Waals surface area (Å²) < 4.78 is 0. The van der Waals surface area contributed by atoms with Crippen LogP contribution in [0.4, 0.5) is 5.82 Å². The molecule has 0 amide bonds. The second kappa shape index (κ2) is 6.17. The van der Waals surface area contributed by atoms with Gasteiger partial charge < -0.3 is 10.6 Å². The van der Waals surface area contributed by atoms with E-state index in [9.17, 15) is 0 Å². The molecule has 2 aromatic rings. The molecule has 2 N–H and O–H groups in total. The molecular formula is C15H21N3S. The number of nitrogens with zero attached hydrogens (tertiary/aromatic N) is 2. The minimum absolute atomic E-state index is 0.416.